The quantitative estimate of drug-likeness (QED) is 0.879. The van der Waals surface area contributed by atoms with E-state index in [0.29, 0.717) is 28.5 Å². The molecule has 1 aromatic heterocycles. The molecule has 0 aliphatic heterocycles. The Kier molecular flexibility index (Phi) is 4.59. The molecule has 6 heteroatoms. The number of hydrogen-bond acceptors (Lipinski definition) is 5. The van der Waals surface area contributed by atoms with E-state index in [2.05, 4.69) is 5.32 Å². The lowest BCUT2D eigenvalue weighted by Gasteiger charge is -2.10. The minimum atomic E-state index is -0.416. The molecule has 21 heavy (non-hydrogen) atoms. The van der Waals surface area contributed by atoms with Gasteiger partial charge in [0, 0.05) is 11.6 Å². The maximum absolute atomic E-state index is 11.6. The number of ether oxygens (including phenoxy) is 1. The van der Waals surface area contributed by atoms with Crippen LogP contribution < -0.4 is 10.1 Å². The number of nitrogens with one attached hydrogen (secondary N) is 1. The number of carbonyl (C=O) groups is 1. The zero-order chi connectivity index (χ0) is 15.2. The number of nitrogens with zero attached hydrogens (tertiary/aromatic N) is 1. The second-order valence-electron chi connectivity index (χ2n) is 4.22. The fourth-order valence-corrected chi connectivity index (χ4v) is 1.84. The molecular formula is C15H14N2O4. The van der Waals surface area contributed by atoms with Crippen LogP contribution in [0.25, 0.3) is 11.3 Å². The summed E-state index contributed by atoms with van der Waals surface area (Å²) in [6.07, 6.45) is -0.239. The third-order valence-corrected chi connectivity index (χ3v) is 2.82. The summed E-state index contributed by atoms with van der Waals surface area (Å²) in [5, 5.41) is 20.2. The summed E-state index contributed by atoms with van der Waals surface area (Å²) in [4.78, 5) is 11.6. The largest absolute Gasteiger partial charge is 0.497 e. The highest BCUT2D eigenvalue weighted by molar-refractivity contribution is 5.96. The Morgan fingerprint density at radius 3 is 2.86 bits per heavy atom. The summed E-state index contributed by atoms with van der Waals surface area (Å²) in [5.74, 6) is 1.09. The Hall–Kier alpha value is -2.78. The van der Waals surface area contributed by atoms with Crippen molar-refractivity contribution in [3.63, 3.8) is 0 Å². The van der Waals surface area contributed by atoms with Crippen molar-refractivity contribution >= 4 is 11.6 Å². The second-order valence-corrected chi connectivity index (χ2v) is 4.22. The number of aliphatic hydroxyl groups is 1. The SMILES string of the molecule is COc1ccc(-c2ccc(CO)o2)c(NC(=O)CC#N)c1. The summed E-state index contributed by atoms with van der Waals surface area (Å²) in [5.41, 5.74) is 1.12. The highest BCUT2D eigenvalue weighted by atomic mass is 16.5. The van der Waals surface area contributed by atoms with E-state index in [1.807, 2.05) is 0 Å². The number of anilines is 1. The molecule has 0 radical (unpaired) electrons. The molecule has 1 heterocycles. The van der Waals surface area contributed by atoms with E-state index in [0.717, 1.165) is 0 Å². The molecule has 0 bridgehead atoms. The number of hydrogen-bond donors (Lipinski definition) is 2. The Morgan fingerprint density at radius 1 is 1.43 bits per heavy atom. The van der Waals surface area contributed by atoms with Crippen LogP contribution in [0, 0.1) is 11.3 Å². The minimum Gasteiger partial charge on any atom is -0.497 e. The highest BCUT2D eigenvalue weighted by Crippen LogP contribution is 2.32. The van der Waals surface area contributed by atoms with Crippen molar-refractivity contribution in [3.05, 3.63) is 36.1 Å². The fourth-order valence-electron chi connectivity index (χ4n) is 1.84. The number of nitriles is 1. The zero-order valence-corrected chi connectivity index (χ0v) is 11.4. The van der Waals surface area contributed by atoms with E-state index in [4.69, 9.17) is 19.5 Å². The van der Waals surface area contributed by atoms with Crippen LogP contribution in [0.4, 0.5) is 5.69 Å². The van der Waals surface area contributed by atoms with E-state index < -0.39 is 5.91 Å². The Bertz CT molecular complexity index is 685. The Balaban J connectivity index is 2.39. The first-order valence-corrected chi connectivity index (χ1v) is 6.22. The van der Waals surface area contributed by atoms with Crippen LogP contribution in [0.15, 0.2) is 34.7 Å². The molecule has 0 saturated heterocycles. The number of benzene rings is 1. The van der Waals surface area contributed by atoms with E-state index >= 15 is 0 Å². The standard InChI is InChI=1S/C15H14N2O4/c1-20-10-2-4-12(14-5-3-11(9-18)21-14)13(8-10)17-15(19)6-7-16/h2-5,8,18H,6,9H2,1H3,(H,17,19). The van der Waals surface area contributed by atoms with Crippen molar-refractivity contribution < 1.29 is 19.1 Å². The van der Waals surface area contributed by atoms with Gasteiger partial charge in [0.25, 0.3) is 0 Å². The average Bonchev–Trinajstić information content (AvgIpc) is 2.96. The number of rotatable bonds is 5. The lowest BCUT2D eigenvalue weighted by atomic mass is 10.1. The van der Waals surface area contributed by atoms with Crippen molar-refractivity contribution in [3.8, 4) is 23.1 Å². The van der Waals surface area contributed by atoms with Gasteiger partial charge in [-0.1, -0.05) is 0 Å². The molecule has 0 atom stereocenters. The van der Waals surface area contributed by atoms with Crippen LogP contribution in [-0.2, 0) is 11.4 Å². The second kappa shape index (κ2) is 6.59. The van der Waals surface area contributed by atoms with Gasteiger partial charge in [-0.2, -0.15) is 5.26 Å². The number of furan rings is 1. The smallest absolute Gasteiger partial charge is 0.238 e. The van der Waals surface area contributed by atoms with Gasteiger partial charge in [0.2, 0.25) is 5.91 Å². The van der Waals surface area contributed by atoms with Crippen LogP contribution in [0.3, 0.4) is 0 Å². The highest BCUT2D eigenvalue weighted by Gasteiger charge is 2.13. The molecule has 6 nitrogen and oxygen atoms in total. The molecule has 2 rings (SSSR count). The molecule has 0 spiro atoms. The summed E-state index contributed by atoms with van der Waals surface area (Å²) < 4.78 is 10.6. The van der Waals surface area contributed by atoms with Gasteiger partial charge in [-0.25, -0.2) is 0 Å². The molecule has 108 valence electrons. The number of aliphatic hydroxyl groups excluding tert-OH is 1. The Morgan fingerprint density at radius 2 is 2.24 bits per heavy atom. The van der Waals surface area contributed by atoms with Gasteiger partial charge >= 0.3 is 0 Å². The van der Waals surface area contributed by atoms with Crippen molar-refractivity contribution in [2.45, 2.75) is 13.0 Å². The molecule has 0 saturated carbocycles. The maximum Gasteiger partial charge on any atom is 0.238 e. The van der Waals surface area contributed by atoms with Crippen molar-refractivity contribution in [2.75, 3.05) is 12.4 Å². The van der Waals surface area contributed by atoms with Crippen LogP contribution >= 0.6 is 0 Å². The van der Waals surface area contributed by atoms with E-state index in [1.54, 1.807) is 36.4 Å². The molecule has 0 aliphatic carbocycles. The predicted molar refractivity (Wildman–Crippen MR) is 75.5 cm³/mol. The molecule has 2 aromatic rings. The first-order valence-electron chi connectivity index (χ1n) is 6.22. The van der Waals surface area contributed by atoms with Crippen molar-refractivity contribution in [2.24, 2.45) is 0 Å². The lowest BCUT2D eigenvalue weighted by molar-refractivity contribution is -0.115. The third-order valence-electron chi connectivity index (χ3n) is 2.82. The fraction of sp³-hybridized carbons (Fsp3) is 0.200. The molecule has 0 aliphatic rings. The first-order chi connectivity index (χ1) is 10.2. The van der Waals surface area contributed by atoms with Gasteiger partial charge in [-0.3, -0.25) is 4.79 Å². The summed E-state index contributed by atoms with van der Waals surface area (Å²) in [6, 6.07) is 10.3. The predicted octanol–water partition coefficient (Wildman–Crippen LogP) is 2.30. The number of amides is 1. The van der Waals surface area contributed by atoms with Crippen LogP contribution in [-0.4, -0.2) is 18.1 Å². The topological polar surface area (TPSA) is 95.5 Å². The third kappa shape index (κ3) is 3.41. The normalized spacial score (nSPS) is 9.95. The van der Waals surface area contributed by atoms with Gasteiger partial charge < -0.3 is 19.6 Å². The number of methoxy groups -OCH3 is 1. The Labute approximate surface area is 121 Å². The molecular weight excluding hydrogens is 272 g/mol. The molecule has 0 fully saturated rings. The van der Waals surface area contributed by atoms with Gasteiger partial charge in [-0.15, -0.1) is 0 Å². The first kappa shape index (κ1) is 14.6. The van der Waals surface area contributed by atoms with Gasteiger partial charge in [0.1, 0.15) is 30.3 Å². The minimum absolute atomic E-state index is 0.202. The molecule has 1 amide bonds. The van der Waals surface area contributed by atoms with E-state index in [1.165, 1.54) is 7.11 Å². The summed E-state index contributed by atoms with van der Waals surface area (Å²) >= 11 is 0. The van der Waals surface area contributed by atoms with Crippen LogP contribution in [0.2, 0.25) is 0 Å². The molecule has 2 N–H and O–H groups in total. The molecule has 0 unspecified atom stereocenters. The van der Waals surface area contributed by atoms with Crippen LogP contribution in [0.5, 0.6) is 5.75 Å². The van der Waals surface area contributed by atoms with Gasteiger partial charge in [0.15, 0.2) is 0 Å². The van der Waals surface area contributed by atoms with Gasteiger partial charge in [-0.05, 0) is 24.3 Å². The average molecular weight is 286 g/mol. The summed E-state index contributed by atoms with van der Waals surface area (Å²) in [7, 11) is 1.52. The monoisotopic (exact) mass is 286 g/mol. The zero-order valence-electron chi connectivity index (χ0n) is 11.4. The van der Waals surface area contributed by atoms with Gasteiger partial charge in [0.05, 0.1) is 18.9 Å². The lowest BCUT2D eigenvalue weighted by Crippen LogP contribution is -2.11. The van der Waals surface area contributed by atoms with E-state index in [9.17, 15) is 4.79 Å². The van der Waals surface area contributed by atoms with Crippen molar-refractivity contribution in [1.82, 2.24) is 0 Å². The number of carbonyl (C=O) groups excluding carboxylic acids is 1. The summed E-state index contributed by atoms with van der Waals surface area (Å²) in [6.45, 7) is -0.202. The molecule has 1 aromatic carbocycles. The maximum atomic E-state index is 11.6. The van der Waals surface area contributed by atoms with Crippen molar-refractivity contribution in [1.29, 1.82) is 5.26 Å². The van der Waals surface area contributed by atoms with Crippen LogP contribution in [0.1, 0.15) is 12.2 Å². The van der Waals surface area contributed by atoms with E-state index in [-0.39, 0.29) is 13.0 Å².